The summed E-state index contributed by atoms with van der Waals surface area (Å²) < 4.78 is 5.59. The van der Waals surface area contributed by atoms with Crippen LogP contribution in [0.5, 0.6) is 5.75 Å². The van der Waals surface area contributed by atoms with Crippen LogP contribution >= 0.6 is 0 Å². The Morgan fingerprint density at radius 1 is 0.962 bits per heavy atom. The first-order valence-electron chi connectivity index (χ1n) is 10.4. The van der Waals surface area contributed by atoms with Crippen LogP contribution in [0.4, 0.5) is 0 Å². The van der Waals surface area contributed by atoms with Crippen molar-refractivity contribution in [1.29, 1.82) is 0 Å². The molecule has 1 aromatic carbocycles. The van der Waals surface area contributed by atoms with Gasteiger partial charge in [-0.2, -0.15) is 0 Å². The molecule has 0 spiro atoms. The van der Waals surface area contributed by atoms with Gasteiger partial charge in [-0.3, -0.25) is 0 Å². The van der Waals surface area contributed by atoms with Crippen molar-refractivity contribution in [2.24, 2.45) is 11.8 Å². The van der Waals surface area contributed by atoms with E-state index in [9.17, 15) is 0 Å². The second-order valence-corrected chi connectivity index (χ2v) is 7.32. The highest BCUT2D eigenvalue weighted by Crippen LogP contribution is 2.32. The maximum absolute atomic E-state index is 5.59. The van der Waals surface area contributed by atoms with Crippen LogP contribution in [-0.2, 0) is 0 Å². The van der Waals surface area contributed by atoms with Gasteiger partial charge in [0.05, 0.1) is 6.61 Å². The van der Waals surface area contributed by atoms with Crippen LogP contribution < -0.4 is 4.74 Å². The number of rotatable bonds is 8. The van der Waals surface area contributed by atoms with Crippen molar-refractivity contribution in [1.82, 2.24) is 0 Å². The second-order valence-electron chi connectivity index (χ2n) is 7.32. The number of unbranched alkanes of at least 4 members (excludes halogenated alkanes) is 1. The number of hydrogen-bond acceptors (Lipinski definition) is 1. The van der Waals surface area contributed by atoms with Gasteiger partial charge in [0.1, 0.15) is 5.75 Å². The first-order valence-corrected chi connectivity index (χ1v) is 10.4. The van der Waals surface area contributed by atoms with E-state index in [2.05, 4.69) is 43.9 Å². The van der Waals surface area contributed by atoms with Gasteiger partial charge in [0.2, 0.25) is 0 Å². The number of ether oxygens (including phenoxy) is 1. The topological polar surface area (TPSA) is 9.23 Å². The van der Waals surface area contributed by atoms with Crippen molar-refractivity contribution in [3.63, 3.8) is 0 Å². The van der Waals surface area contributed by atoms with Crippen LogP contribution in [0.15, 0.2) is 42.5 Å². The van der Waals surface area contributed by atoms with E-state index in [1.807, 2.05) is 30.4 Å². The summed E-state index contributed by atoms with van der Waals surface area (Å²) >= 11 is 0. The zero-order valence-corrected chi connectivity index (χ0v) is 16.5. The average molecular weight is 351 g/mol. The summed E-state index contributed by atoms with van der Waals surface area (Å²) in [6.45, 7) is 5.18. The van der Waals surface area contributed by atoms with E-state index in [0.717, 1.165) is 36.2 Å². The van der Waals surface area contributed by atoms with Crippen molar-refractivity contribution < 1.29 is 4.74 Å². The van der Waals surface area contributed by atoms with Gasteiger partial charge >= 0.3 is 0 Å². The Bertz CT molecular complexity index is 604. The van der Waals surface area contributed by atoms with Gasteiger partial charge in [0.15, 0.2) is 0 Å². The SMILES string of the molecule is CCCC[C@H]1CC[C@H](C=CC#CC=Cc2ccc(OCCC)cc2)CC1. The summed E-state index contributed by atoms with van der Waals surface area (Å²) in [5.74, 6) is 8.91. The number of allylic oxidation sites excluding steroid dienone is 3. The van der Waals surface area contributed by atoms with E-state index >= 15 is 0 Å². The molecule has 1 aromatic rings. The molecule has 1 saturated carbocycles. The van der Waals surface area contributed by atoms with Gasteiger partial charge < -0.3 is 4.74 Å². The zero-order chi connectivity index (χ0) is 18.5. The average Bonchev–Trinajstić information content (AvgIpc) is 2.69. The van der Waals surface area contributed by atoms with Crippen molar-refractivity contribution in [2.45, 2.75) is 65.2 Å². The molecular formula is C25H34O. The highest BCUT2D eigenvalue weighted by molar-refractivity contribution is 5.54. The molecule has 0 N–H and O–H groups in total. The molecular weight excluding hydrogens is 316 g/mol. The van der Waals surface area contributed by atoms with Crippen molar-refractivity contribution in [3.8, 4) is 17.6 Å². The van der Waals surface area contributed by atoms with Gasteiger partial charge in [0, 0.05) is 0 Å². The van der Waals surface area contributed by atoms with Crippen LogP contribution in [0.25, 0.3) is 6.08 Å². The molecule has 2 rings (SSSR count). The van der Waals surface area contributed by atoms with Gasteiger partial charge in [-0.15, -0.1) is 0 Å². The lowest BCUT2D eigenvalue weighted by molar-refractivity contribution is 0.291. The third-order valence-corrected chi connectivity index (χ3v) is 5.10. The van der Waals surface area contributed by atoms with Crippen LogP contribution in [0.3, 0.4) is 0 Å². The number of benzene rings is 1. The molecule has 1 fully saturated rings. The standard InChI is InChI=1S/C25H34O/c1-3-5-10-22-13-15-23(16-14-22)11-8-6-7-9-12-24-17-19-25(20-18-24)26-21-4-2/h8-9,11-12,17-20,22-23H,3-5,10,13-16,21H2,1-2H3/t22-,23-. The largest absolute Gasteiger partial charge is 0.494 e. The Hall–Kier alpha value is -1.94. The quantitative estimate of drug-likeness (QED) is 0.457. The predicted molar refractivity (Wildman–Crippen MR) is 113 cm³/mol. The smallest absolute Gasteiger partial charge is 0.119 e. The highest BCUT2D eigenvalue weighted by Gasteiger charge is 2.18. The minimum Gasteiger partial charge on any atom is -0.494 e. The highest BCUT2D eigenvalue weighted by atomic mass is 16.5. The molecule has 0 amide bonds. The van der Waals surface area contributed by atoms with Crippen LogP contribution in [-0.4, -0.2) is 6.61 Å². The van der Waals surface area contributed by atoms with E-state index in [4.69, 9.17) is 4.74 Å². The van der Waals surface area contributed by atoms with Crippen LogP contribution in [0, 0.1) is 23.7 Å². The lowest BCUT2D eigenvalue weighted by atomic mass is 9.80. The molecule has 0 radical (unpaired) electrons. The fraction of sp³-hybridized carbons (Fsp3) is 0.520. The summed E-state index contributed by atoms with van der Waals surface area (Å²) in [6.07, 6.45) is 19.0. The molecule has 0 saturated heterocycles. The van der Waals surface area contributed by atoms with Crippen molar-refractivity contribution in [3.05, 3.63) is 48.1 Å². The van der Waals surface area contributed by atoms with E-state index < -0.39 is 0 Å². The summed E-state index contributed by atoms with van der Waals surface area (Å²) in [7, 11) is 0. The zero-order valence-electron chi connectivity index (χ0n) is 16.5. The Morgan fingerprint density at radius 2 is 1.69 bits per heavy atom. The monoisotopic (exact) mass is 350 g/mol. The van der Waals surface area contributed by atoms with E-state index in [1.54, 1.807) is 0 Å². The molecule has 0 atom stereocenters. The van der Waals surface area contributed by atoms with Crippen LogP contribution in [0.1, 0.15) is 70.8 Å². The molecule has 0 aromatic heterocycles. The van der Waals surface area contributed by atoms with E-state index in [1.165, 1.54) is 44.9 Å². The summed E-state index contributed by atoms with van der Waals surface area (Å²) in [5, 5.41) is 0. The normalized spacial score (nSPS) is 20.2. The molecule has 1 aliphatic carbocycles. The van der Waals surface area contributed by atoms with E-state index in [0.29, 0.717) is 0 Å². The molecule has 1 nitrogen and oxygen atoms in total. The Morgan fingerprint density at radius 3 is 2.38 bits per heavy atom. The van der Waals surface area contributed by atoms with Gasteiger partial charge in [0.25, 0.3) is 0 Å². The predicted octanol–water partition coefficient (Wildman–Crippen LogP) is 7.04. The fourth-order valence-electron chi connectivity index (χ4n) is 3.48. The lowest BCUT2D eigenvalue weighted by Crippen LogP contribution is -2.12. The molecule has 26 heavy (non-hydrogen) atoms. The van der Waals surface area contributed by atoms with E-state index in [-0.39, 0.29) is 0 Å². The molecule has 0 aliphatic heterocycles. The van der Waals surface area contributed by atoms with Crippen molar-refractivity contribution in [2.75, 3.05) is 6.61 Å². The molecule has 1 heteroatoms. The fourth-order valence-corrected chi connectivity index (χ4v) is 3.48. The summed E-state index contributed by atoms with van der Waals surface area (Å²) in [5.41, 5.74) is 1.15. The third-order valence-electron chi connectivity index (χ3n) is 5.10. The third kappa shape index (κ3) is 7.96. The molecule has 1 aliphatic rings. The first kappa shape index (κ1) is 20.4. The number of hydrogen-bond donors (Lipinski definition) is 0. The van der Waals surface area contributed by atoms with Gasteiger partial charge in [-0.05, 0) is 79.9 Å². The van der Waals surface area contributed by atoms with Gasteiger partial charge in [-0.1, -0.05) is 63.2 Å². The van der Waals surface area contributed by atoms with Crippen molar-refractivity contribution >= 4 is 6.08 Å². The second kappa shape index (κ2) is 12.4. The Balaban J connectivity index is 1.69. The first-order chi connectivity index (χ1) is 12.8. The molecule has 0 bridgehead atoms. The molecule has 0 unspecified atom stereocenters. The molecule has 0 heterocycles. The maximum Gasteiger partial charge on any atom is 0.119 e. The Kier molecular flexibility index (Phi) is 9.73. The summed E-state index contributed by atoms with van der Waals surface area (Å²) in [6, 6.07) is 8.16. The minimum atomic E-state index is 0.738. The lowest BCUT2D eigenvalue weighted by Gasteiger charge is -2.26. The molecule has 140 valence electrons. The summed E-state index contributed by atoms with van der Waals surface area (Å²) in [4.78, 5) is 0. The van der Waals surface area contributed by atoms with Gasteiger partial charge in [-0.25, -0.2) is 0 Å². The Labute approximate surface area is 160 Å². The maximum atomic E-state index is 5.59. The minimum absolute atomic E-state index is 0.738. The van der Waals surface area contributed by atoms with Crippen LogP contribution in [0.2, 0.25) is 0 Å².